The zero-order valence-electron chi connectivity index (χ0n) is 10.3. The molecule has 0 aromatic heterocycles. The highest BCUT2D eigenvalue weighted by Crippen LogP contribution is 2.39. The Morgan fingerprint density at radius 3 is 3.06 bits per heavy atom. The van der Waals surface area contributed by atoms with Crippen molar-refractivity contribution in [1.29, 1.82) is 0 Å². The molecule has 0 atom stereocenters. The van der Waals surface area contributed by atoms with Crippen LogP contribution >= 0.6 is 0 Å². The molecule has 1 aromatic carbocycles. The van der Waals surface area contributed by atoms with Crippen molar-refractivity contribution in [3.63, 3.8) is 0 Å². The first kappa shape index (κ1) is 10.4. The van der Waals surface area contributed by atoms with Gasteiger partial charge in [0.05, 0.1) is 18.0 Å². The van der Waals surface area contributed by atoms with E-state index in [1.165, 1.54) is 11.4 Å². The lowest BCUT2D eigenvalue weighted by atomic mass is 10.2. The predicted octanol–water partition coefficient (Wildman–Crippen LogP) is 2.10. The van der Waals surface area contributed by atoms with E-state index in [2.05, 4.69) is 34.0 Å². The molecule has 0 saturated carbocycles. The van der Waals surface area contributed by atoms with Crippen molar-refractivity contribution in [1.82, 2.24) is 0 Å². The highest BCUT2D eigenvalue weighted by molar-refractivity contribution is 6.16. The van der Waals surface area contributed by atoms with E-state index in [9.17, 15) is 0 Å². The van der Waals surface area contributed by atoms with Crippen LogP contribution in [0, 0.1) is 0 Å². The van der Waals surface area contributed by atoms with Crippen LogP contribution in [0.1, 0.15) is 13.3 Å². The molecule has 0 saturated heterocycles. The standard InChI is InChI=1S/C13H17N3O/c1-3-17-10-5-6-11-12(9-10)16-8-4-7-14-13(16)15(11)2/h5-6,9H,3-4,7-8H2,1-2H3. The van der Waals surface area contributed by atoms with E-state index in [1.54, 1.807) is 0 Å². The van der Waals surface area contributed by atoms with Crippen LogP contribution in [-0.4, -0.2) is 32.7 Å². The third-order valence-corrected chi connectivity index (χ3v) is 3.24. The van der Waals surface area contributed by atoms with Crippen LogP contribution in [0.4, 0.5) is 11.4 Å². The molecular weight excluding hydrogens is 214 g/mol. The molecule has 1 aromatic rings. The second-order valence-electron chi connectivity index (χ2n) is 4.33. The molecule has 0 radical (unpaired) electrons. The van der Waals surface area contributed by atoms with Gasteiger partial charge in [0.15, 0.2) is 0 Å². The fraction of sp³-hybridized carbons (Fsp3) is 0.462. The number of benzene rings is 1. The van der Waals surface area contributed by atoms with Gasteiger partial charge in [0, 0.05) is 26.2 Å². The lowest BCUT2D eigenvalue weighted by Crippen LogP contribution is -2.39. The Morgan fingerprint density at radius 2 is 2.24 bits per heavy atom. The quantitative estimate of drug-likeness (QED) is 0.780. The topological polar surface area (TPSA) is 28.1 Å². The van der Waals surface area contributed by atoms with Gasteiger partial charge in [-0.3, -0.25) is 4.99 Å². The number of anilines is 2. The number of rotatable bonds is 2. The van der Waals surface area contributed by atoms with E-state index in [0.717, 1.165) is 31.2 Å². The maximum Gasteiger partial charge on any atom is 0.205 e. The number of nitrogens with zero attached hydrogens (tertiary/aromatic N) is 3. The number of ether oxygens (including phenoxy) is 1. The summed E-state index contributed by atoms with van der Waals surface area (Å²) >= 11 is 0. The summed E-state index contributed by atoms with van der Waals surface area (Å²) in [5, 5.41) is 0. The normalized spacial score (nSPS) is 17.6. The lowest BCUT2D eigenvalue weighted by Gasteiger charge is -2.24. The summed E-state index contributed by atoms with van der Waals surface area (Å²) in [5.74, 6) is 2.01. The van der Waals surface area contributed by atoms with Gasteiger partial charge in [0.2, 0.25) is 5.96 Å². The predicted molar refractivity (Wildman–Crippen MR) is 70.3 cm³/mol. The summed E-state index contributed by atoms with van der Waals surface area (Å²) < 4.78 is 5.56. The Hall–Kier alpha value is -1.71. The number of fused-ring (bicyclic) bond motifs is 3. The summed E-state index contributed by atoms with van der Waals surface area (Å²) in [7, 11) is 2.07. The average Bonchev–Trinajstić information content (AvgIpc) is 2.65. The zero-order chi connectivity index (χ0) is 11.8. The number of hydrogen-bond donors (Lipinski definition) is 0. The molecule has 4 nitrogen and oxygen atoms in total. The van der Waals surface area contributed by atoms with Crippen molar-refractivity contribution in [2.24, 2.45) is 4.99 Å². The molecule has 2 aliphatic rings. The van der Waals surface area contributed by atoms with Gasteiger partial charge in [-0.2, -0.15) is 0 Å². The van der Waals surface area contributed by atoms with Gasteiger partial charge >= 0.3 is 0 Å². The highest BCUT2D eigenvalue weighted by atomic mass is 16.5. The Morgan fingerprint density at radius 1 is 1.35 bits per heavy atom. The number of hydrogen-bond acceptors (Lipinski definition) is 4. The molecule has 0 bridgehead atoms. The molecule has 90 valence electrons. The van der Waals surface area contributed by atoms with E-state index < -0.39 is 0 Å². The molecule has 0 N–H and O–H groups in total. The molecule has 3 rings (SSSR count). The first-order valence-electron chi connectivity index (χ1n) is 6.14. The molecule has 0 amide bonds. The first-order chi connectivity index (χ1) is 8.31. The van der Waals surface area contributed by atoms with Gasteiger partial charge < -0.3 is 14.5 Å². The summed E-state index contributed by atoms with van der Waals surface area (Å²) in [5.41, 5.74) is 2.44. The third kappa shape index (κ3) is 1.55. The molecule has 0 aliphatic carbocycles. The van der Waals surface area contributed by atoms with Crippen LogP contribution in [0.25, 0.3) is 0 Å². The van der Waals surface area contributed by atoms with Gasteiger partial charge in [-0.1, -0.05) is 0 Å². The van der Waals surface area contributed by atoms with Gasteiger partial charge in [-0.05, 0) is 25.5 Å². The summed E-state index contributed by atoms with van der Waals surface area (Å²) in [6.45, 7) is 4.69. The van der Waals surface area contributed by atoms with Gasteiger partial charge in [0.1, 0.15) is 5.75 Å². The van der Waals surface area contributed by atoms with Crippen LogP contribution in [-0.2, 0) is 0 Å². The zero-order valence-corrected chi connectivity index (χ0v) is 10.3. The molecule has 17 heavy (non-hydrogen) atoms. The van der Waals surface area contributed by atoms with Crippen molar-refractivity contribution in [2.45, 2.75) is 13.3 Å². The molecular formula is C13H17N3O. The van der Waals surface area contributed by atoms with Crippen molar-refractivity contribution in [3.8, 4) is 5.75 Å². The third-order valence-electron chi connectivity index (χ3n) is 3.24. The van der Waals surface area contributed by atoms with Crippen LogP contribution in [0.15, 0.2) is 23.2 Å². The van der Waals surface area contributed by atoms with Crippen molar-refractivity contribution >= 4 is 17.3 Å². The van der Waals surface area contributed by atoms with Gasteiger partial charge in [-0.25, -0.2) is 0 Å². The number of guanidine groups is 1. The Kier molecular flexibility index (Phi) is 2.42. The Balaban J connectivity index is 2.04. The van der Waals surface area contributed by atoms with Crippen molar-refractivity contribution in [3.05, 3.63) is 18.2 Å². The first-order valence-corrected chi connectivity index (χ1v) is 6.14. The second-order valence-corrected chi connectivity index (χ2v) is 4.33. The molecule has 2 heterocycles. The Bertz CT molecular complexity index is 470. The fourth-order valence-electron chi connectivity index (χ4n) is 2.48. The minimum atomic E-state index is 0.704. The van der Waals surface area contributed by atoms with Crippen molar-refractivity contribution < 1.29 is 4.74 Å². The van der Waals surface area contributed by atoms with Crippen LogP contribution < -0.4 is 14.5 Å². The van der Waals surface area contributed by atoms with E-state index in [0.29, 0.717) is 6.61 Å². The van der Waals surface area contributed by atoms with Gasteiger partial charge in [0.25, 0.3) is 0 Å². The minimum absolute atomic E-state index is 0.704. The summed E-state index contributed by atoms with van der Waals surface area (Å²) in [4.78, 5) is 9.03. The van der Waals surface area contributed by atoms with Crippen molar-refractivity contribution in [2.75, 3.05) is 36.5 Å². The van der Waals surface area contributed by atoms with Crippen LogP contribution in [0.5, 0.6) is 5.75 Å². The molecule has 0 fully saturated rings. The molecule has 0 spiro atoms. The molecule has 2 aliphatic heterocycles. The van der Waals surface area contributed by atoms with E-state index in [1.807, 2.05) is 13.0 Å². The minimum Gasteiger partial charge on any atom is -0.494 e. The molecule has 4 heteroatoms. The van der Waals surface area contributed by atoms with Crippen LogP contribution in [0.2, 0.25) is 0 Å². The maximum absolute atomic E-state index is 5.56. The largest absolute Gasteiger partial charge is 0.494 e. The smallest absolute Gasteiger partial charge is 0.205 e. The molecule has 0 unspecified atom stereocenters. The Labute approximate surface area is 102 Å². The van der Waals surface area contributed by atoms with E-state index >= 15 is 0 Å². The van der Waals surface area contributed by atoms with E-state index in [4.69, 9.17) is 4.74 Å². The summed E-state index contributed by atoms with van der Waals surface area (Å²) in [6, 6.07) is 6.25. The summed E-state index contributed by atoms with van der Waals surface area (Å²) in [6.07, 6.45) is 1.12. The van der Waals surface area contributed by atoms with Crippen LogP contribution in [0.3, 0.4) is 0 Å². The fourth-order valence-corrected chi connectivity index (χ4v) is 2.48. The monoisotopic (exact) mass is 231 g/mol. The highest BCUT2D eigenvalue weighted by Gasteiger charge is 2.31. The lowest BCUT2D eigenvalue weighted by molar-refractivity contribution is 0.340. The SMILES string of the molecule is CCOc1ccc2c(c1)N1CCCN=C1N2C. The van der Waals surface area contributed by atoms with Gasteiger partial charge in [-0.15, -0.1) is 0 Å². The number of aliphatic imine (C=N–C) groups is 1. The van der Waals surface area contributed by atoms with E-state index in [-0.39, 0.29) is 0 Å². The second kappa shape index (κ2) is 3.95. The average molecular weight is 231 g/mol. The maximum atomic E-state index is 5.56.